The molecular formula is C40H40S. The Morgan fingerprint density at radius 2 is 1.29 bits per heavy atom. The summed E-state index contributed by atoms with van der Waals surface area (Å²) in [4.78, 5) is 0. The Kier molecular flexibility index (Phi) is 6.70. The fourth-order valence-electron chi connectivity index (χ4n) is 6.40. The minimum absolute atomic E-state index is 0.0389. The topological polar surface area (TPSA) is 0 Å². The molecule has 0 spiro atoms. The van der Waals surface area contributed by atoms with Crippen LogP contribution in [0.2, 0.25) is 0 Å². The predicted molar refractivity (Wildman–Crippen MR) is 182 cm³/mol. The molecule has 1 heteroatoms. The minimum atomic E-state index is 0.0389. The van der Waals surface area contributed by atoms with Gasteiger partial charge in [-0.2, -0.15) is 0 Å². The Morgan fingerprint density at radius 3 is 1.98 bits per heavy atom. The molecule has 7 rings (SSSR count). The van der Waals surface area contributed by atoms with Gasteiger partial charge in [-0.1, -0.05) is 119 Å². The van der Waals surface area contributed by atoms with Gasteiger partial charge in [-0.3, -0.25) is 0 Å². The van der Waals surface area contributed by atoms with Crippen LogP contribution in [-0.4, -0.2) is 0 Å². The summed E-state index contributed by atoms with van der Waals surface area (Å²) in [5.41, 5.74) is 14.1. The lowest BCUT2D eigenvalue weighted by Gasteiger charge is -2.22. The van der Waals surface area contributed by atoms with Crippen molar-refractivity contribution in [3.8, 4) is 22.3 Å². The number of benzene rings is 5. The molecule has 0 aliphatic heterocycles. The van der Waals surface area contributed by atoms with Crippen LogP contribution in [0.3, 0.4) is 0 Å². The molecule has 1 aromatic heterocycles. The summed E-state index contributed by atoms with van der Waals surface area (Å²) in [5, 5.41) is 2.77. The van der Waals surface area contributed by atoms with E-state index in [-0.39, 0.29) is 10.8 Å². The molecule has 0 radical (unpaired) electrons. The van der Waals surface area contributed by atoms with Crippen LogP contribution in [0.4, 0.5) is 0 Å². The van der Waals surface area contributed by atoms with Crippen molar-refractivity contribution in [3.05, 3.63) is 130 Å². The van der Waals surface area contributed by atoms with Crippen LogP contribution in [0.1, 0.15) is 68.0 Å². The van der Waals surface area contributed by atoms with E-state index in [4.69, 9.17) is 0 Å². The molecule has 6 aromatic rings. The van der Waals surface area contributed by atoms with Gasteiger partial charge in [0.25, 0.3) is 0 Å². The molecule has 5 aromatic carbocycles. The highest BCUT2D eigenvalue weighted by atomic mass is 32.1. The van der Waals surface area contributed by atoms with Gasteiger partial charge in [0, 0.05) is 31.2 Å². The molecule has 0 unspecified atom stereocenters. The van der Waals surface area contributed by atoms with E-state index in [1.165, 1.54) is 75.8 Å². The average Bonchev–Trinajstić information content (AvgIpc) is 3.41. The maximum atomic E-state index is 2.48. The summed E-state index contributed by atoms with van der Waals surface area (Å²) in [6.45, 7) is 18.3. The first-order valence-electron chi connectivity index (χ1n) is 14.7. The Labute approximate surface area is 249 Å². The van der Waals surface area contributed by atoms with E-state index in [9.17, 15) is 0 Å². The van der Waals surface area contributed by atoms with Gasteiger partial charge in [0.15, 0.2) is 0 Å². The van der Waals surface area contributed by atoms with Crippen LogP contribution in [0, 0.1) is 20.8 Å². The van der Waals surface area contributed by atoms with Gasteiger partial charge in [-0.15, -0.1) is 11.3 Å². The SMILES string of the molecule is Cc1cc2c(cc1-c1c(C)ccc3c1sc1ccc(C(C)(C)C)cc13)-c1ccccc1C2(C)C.Cc1ccccc1. The predicted octanol–water partition coefficient (Wildman–Crippen LogP) is 11.9. The maximum absolute atomic E-state index is 2.48. The smallest absolute Gasteiger partial charge is 0.0436 e. The summed E-state index contributed by atoms with van der Waals surface area (Å²) in [5.74, 6) is 0. The highest BCUT2D eigenvalue weighted by Gasteiger charge is 2.36. The van der Waals surface area contributed by atoms with Crippen LogP contribution in [-0.2, 0) is 10.8 Å². The first kappa shape index (κ1) is 27.5. The molecule has 1 aliphatic rings. The van der Waals surface area contributed by atoms with E-state index in [0.717, 1.165) is 0 Å². The van der Waals surface area contributed by atoms with Crippen LogP contribution < -0.4 is 0 Å². The molecule has 0 N–H and O–H groups in total. The third-order valence-corrected chi connectivity index (χ3v) is 10.1. The van der Waals surface area contributed by atoms with Crippen molar-refractivity contribution in [2.24, 2.45) is 0 Å². The molecule has 41 heavy (non-hydrogen) atoms. The minimum Gasteiger partial charge on any atom is -0.135 e. The lowest BCUT2D eigenvalue weighted by Crippen LogP contribution is -2.15. The second-order valence-electron chi connectivity index (χ2n) is 13.2. The molecule has 0 fully saturated rings. The van der Waals surface area contributed by atoms with E-state index < -0.39 is 0 Å². The van der Waals surface area contributed by atoms with E-state index in [0.29, 0.717) is 0 Å². The molecule has 0 saturated heterocycles. The molecule has 1 aliphatic carbocycles. The first-order chi connectivity index (χ1) is 19.5. The van der Waals surface area contributed by atoms with Crippen LogP contribution in [0.15, 0.2) is 97.1 Å². The molecule has 0 saturated carbocycles. The van der Waals surface area contributed by atoms with Gasteiger partial charge in [-0.05, 0) is 88.9 Å². The van der Waals surface area contributed by atoms with Crippen molar-refractivity contribution in [1.82, 2.24) is 0 Å². The molecule has 0 bridgehead atoms. The standard InChI is InChI=1S/C33H32S.C7H8/c1-19-12-14-23-26-17-21(32(3,4)5)13-15-29(26)34-31(23)30(19)24-18-25-22-10-8-9-11-27(22)33(6,7)28(25)16-20(24)2;1-7-5-3-2-4-6-7/h8-18H,1-7H3;2-6H,1H3. The van der Waals surface area contributed by atoms with Crippen molar-refractivity contribution in [3.63, 3.8) is 0 Å². The van der Waals surface area contributed by atoms with Gasteiger partial charge >= 0.3 is 0 Å². The highest BCUT2D eigenvalue weighted by Crippen LogP contribution is 2.51. The Morgan fingerprint density at radius 1 is 0.585 bits per heavy atom. The van der Waals surface area contributed by atoms with Crippen LogP contribution >= 0.6 is 11.3 Å². The number of hydrogen-bond acceptors (Lipinski definition) is 1. The van der Waals surface area contributed by atoms with E-state index in [1.807, 2.05) is 29.5 Å². The summed E-state index contributed by atoms with van der Waals surface area (Å²) in [7, 11) is 0. The molecular weight excluding hydrogens is 513 g/mol. The van der Waals surface area contributed by atoms with E-state index >= 15 is 0 Å². The quantitative estimate of drug-likeness (QED) is 0.190. The van der Waals surface area contributed by atoms with Crippen LogP contribution in [0.25, 0.3) is 42.4 Å². The van der Waals surface area contributed by atoms with Gasteiger partial charge in [0.2, 0.25) is 0 Å². The fourth-order valence-corrected chi connectivity index (χ4v) is 7.70. The van der Waals surface area contributed by atoms with Crippen molar-refractivity contribution >= 4 is 31.5 Å². The van der Waals surface area contributed by atoms with Crippen molar-refractivity contribution < 1.29 is 0 Å². The summed E-state index contributed by atoms with van der Waals surface area (Å²) < 4.78 is 2.79. The zero-order valence-electron chi connectivity index (χ0n) is 25.6. The van der Waals surface area contributed by atoms with Crippen molar-refractivity contribution in [2.75, 3.05) is 0 Å². The summed E-state index contributed by atoms with van der Waals surface area (Å²) in [6, 6.07) is 35.8. The molecule has 1 heterocycles. The Hall–Kier alpha value is -3.68. The van der Waals surface area contributed by atoms with Gasteiger partial charge in [-0.25, -0.2) is 0 Å². The number of fused-ring (bicyclic) bond motifs is 6. The fraction of sp³-hybridized carbons (Fsp3) is 0.250. The van der Waals surface area contributed by atoms with Crippen molar-refractivity contribution in [2.45, 2.75) is 66.2 Å². The monoisotopic (exact) mass is 552 g/mol. The van der Waals surface area contributed by atoms with Gasteiger partial charge in [0.05, 0.1) is 0 Å². The first-order valence-corrected chi connectivity index (χ1v) is 15.5. The molecule has 206 valence electrons. The zero-order valence-corrected chi connectivity index (χ0v) is 26.5. The lowest BCUT2D eigenvalue weighted by molar-refractivity contribution is 0.591. The van der Waals surface area contributed by atoms with Crippen molar-refractivity contribution in [1.29, 1.82) is 0 Å². The van der Waals surface area contributed by atoms with E-state index in [2.05, 4.69) is 134 Å². The van der Waals surface area contributed by atoms with E-state index in [1.54, 1.807) is 0 Å². The number of aryl methyl sites for hydroxylation is 3. The van der Waals surface area contributed by atoms with Gasteiger partial charge < -0.3 is 0 Å². The summed E-state index contributed by atoms with van der Waals surface area (Å²) in [6.07, 6.45) is 0. The largest absolute Gasteiger partial charge is 0.135 e. The average molecular weight is 553 g/mol. The lowest BCUT2D eigenvalue weighted by atomic mass is 9.81. The number of hydrogen-bond donors (Lipinski definition) is 0. The van der Waals surface area contributed by atoms with Gasteiger partial charge in [0.1, 0.15) is 0 Å². The second-order valence-corrected chi connectivity index (χ2v) is 14.3. The molecule has 0 nitrogen and oxygen atoms in total. The third kappa shape index (κ3) is 4.71. The molecule has 0 atom stereocenters. The molecule has 0 amide bonds. The normalized spacial score (nSPS) is 13.6. The number of thiophene rings is 1. The third-order valence-electron chi connectivity index (χ3n) is 8.85. The highest BCUT2D eigenvalue weighted by molar-refractivity contribution is 7.26. The number of rotatable bonds is 1. The van der Waals surface area contributed by atoms with Crippen LogP contribution in [0.5, 0.6) is 0 Å². The summed E-state index contributed by atoms with van der Waals surface area (Å²) >= 11 is 1.94. The Bertz CT molecular complexity index is 1910. The Balaban J connectivity index is 0.000000380. The zero-order chi connectivity index (χ0) is 29.1. The maximum Gasteiger partial charge on any atom is 0.0436 e. The second kappa shape index (κ2) is 10.00.